The monoisotopic (exact) mass is 384 g/mol. The number of halogens is 3. The molecule has 8 heteroatoms. The van der Waals surface area contributed by atoms with Gasteiger partial charge >= 0.3 is 12.1 Å². The molecule has 148 valence electrons. The Morgan fingerprint density at radius 2 is 2.04 bits per heavy atom. The van der Waals surface area contributed by atoms with Crippen LogP contribution in [0, 0.1) is 0 Å². The Morgan fingerprint density at radius 3 is 2.59 bits per heavy atom. The third-order valence-electron chi connectivity index (χ3n) is 3.91. The SMILES string of the molecule is C=CCN[C@H]1Cc2ccc(C(F)(F)F)cc2N(CC(=O)OC(C)(C)C)C1=O. The third kappa shape index (κ3) is 5.32. The number of nitrogens with zero attached hydrogens (tertiary/aromatic N) is 1. The van der Waals surface area contributed by atoms with Gasteiger partial charge in [0.2, 0.25) is 5.91 Å². The van der Waals surface area contributed by atoms with Crippen LogP contribution in [0.5, 0.6) is 0 Å². The maximum atomic E-state index is 13.1. The molecule has 1 amide bonds. The van der Waals surface area contributed by atoms with Gasteiger partial charge in [-0.25, -0.2) is 0 Å². The van der Waals surface area contributed by atoms with E-state index in [0.717, 1.165) is 17.0 Å². The highest BCUT2D eigenvalue weighted by Gasteiger charge is 2.37. The second-order valence-electron chi connectivity index (χ2n) is 7.31. The minimum absolute atomic E-state index is 0.0809. The van der Waals surface area contributed by atoms with Crippen molar-refractivity contribution in [1.82, 2.24) is 5.32 Å². The molecule has 0 radical (unpaired) electrons. The van der Waals surface area contributed by atoms with Crippen LogP contribution in [0.15, 0.2) is 30.9 Å². The van der Waals surface area contributed by atoms with Crippen molar-refractivity contribution in [2.24, 2.45) is 0 Å². The topological polar surface area (TPSA) is 58.6 Å². The molecule has 0 aromatic heterocycles. The van der Waals surface area contributed by atoms with Crippen molar-refractivity contribution in [2.45, 2.75) is 45.0 Å². The number of benzene rings is 1. The second kappa shape index (κ2) is 7.72. The normalized spacial score (nSPS) is 17.5. The molecule has 2 rings (SSSR count). The molecule has 1 aliphatic heterocycles. The van der Waals surface area contributed by atoms with E-state index in [9.17, 15) is 22.8 Å². The molecule has 1 aromatic carbocycles. The van der Waals surface area contributed by atoms with Crippen LogP contribution in [-0.4, -0.2) is 36.6 Å². The highest BCUT2D eigenvalue weighted by Crippen LogP contribution is 2.36. The zero-order valence-corrected chi connectivity index (χ0v) is 15.5. The summed E-state index contributed by atoms with van der Waals surface area (Å²) in [4.78, 5) is 26.1. The number of hydrogen-bond donors (Lipinski definition) is 1. The van der Waals surface area contributed by atoms with Crippen molar-refractivity contribution in [2.75, 3.05) is 18.0 Å². The number of ether oxygens (including phenoxy) is 1. The van der Waals surface area contributed by atoms with Gasteiger partial charge in [-0.3, -0.25) is 14.5 Å². The first-order chi connectivity index (χ1) is 12.4. The van der Waals surface area contributed by atoms with Crippen LogP contribution in [0.1, 0.15) is 31.9 Å². The van der Waals surface area contributed by atoms with E-state index >= 15 is 0 Å². The summed E-state index contributed by atoms with van der Waals surface area (Å²) >= 11 is 0. The lowest BCUT2D eigenvalue weighted by Gasteiger charge is -2.35. The molecule has 27 heavy (non-hydrogen) atoms. The fourth-order valence-electron chi connectivity index (χ4n) is 2.83. The third-order valence-corrected chi connectivity index (χ3v) is 3.91. The lowest BCUT2D eigenvalue weighted by Crippen LogP contribution is -2.53. The predicted octanol–water partition coefficient (Wildman–Crippen LogP) is 3.08. The van der Waals surface area contributed by atoms with E-state index < -0.39 is 41.8 Å². The molecule has 0 bridgehead atoms. The molecule has 1 aliphatic rings. The second-order valence-corrected chi connectivity index (χ2v) is 7.31. The van der Waals surface area contributed by atoms with Gasteiger partial charge in [0.15, 0.2) is 0 Å². The molecule has 0 spiro atoms. The van der Waals surface area contributed by atoms with Crippen molar-refractivity contribution in [1.29, 1.82) is 0 Å². The fraction of sp³-hybridized carbons (Fsp3) is 0.474. The molecule has 0 fully saturated rings. The maximum Gasteiger partial charge on any atom is 0.416 e. The summed E-state index contributed by atoms with van der Waals surface area (Å²) in [5.74, 6) is -1.17. The molecule has 0 saturated carbocycles. The zero-order chi connectivity index (χ0) is 20.4. The van der Waals surface area contributed by atoms with Gasteiger partial charge in [0.25, 0.3) is 0 Å². The van der Waals surface area contributed by atoms with Crippen molar-refractivity contribution in [3.05, 3.63) is 42.0 Å². The van der Waals surface area contributed by atoms with Gasteiger partial charge in [-0.2, -0.15) is 13.2 Å². The maximum absolute atomic E-state index is 13.1. The van der Waals surface area contributed by atoms with Gasteiger partial charge in [-0.05, 0) is 44.9 Å². The Hall–Kier alpha value is -2.35. The first kappa shape index (κ1) is 21.0. The number of alkyl halides is 3. The van der Waals surface area contributed by atoms with Gasteiger partial charge in [-0.1, -0.05) is 12.1 Å². The summed E-state index contributed by atoms with van der Waals surface area (Å²) in [5, 5.41) is 2.97. The Labute approximate surface area is 156 Å². The molecule has 1 heterocycles. The number of esters is 1. The van der Waals surface area contributed by atoms with Crippen LogP contribution < -0.4 is 10.2 Å². The molecule has 5 nitrogen and oxygen atoms in total. The lowest BCUT2D eigenvalue weighted by molar-refractivity contribution is -0.153. The summed E-state index contributed by atoms with van der Waals surface area (Å²) in [6, 6.07) is 2.57. The van der Waals surface area contributed by atoms with Gasteiger partial charge in [0.05, 0.1) is 11.6 Å². The molecule has 1 N–H and O–H groups in total. The minimum atomic E-state index is -4.55. The van der Waals surface area contributed by atoms with Crippen LogP contribution in [0.2, 0.25) is 0 Å². The van der Waals surface area contributed by atoms with Gasteiger partial charge < -0.3 is 10.1 Å². The minimum Gasteiger partial charge on any atom is -0.459 e. The summed E-state index contributed by atoms with van der Waals surface area (Å²) in [7, 11) is 0. The van der Waals surface area contributed by atoms with Crippen LogP contribution in [0.3, 0.4) is 0 Å². The number of fused-ring (bicyclic) bond motifs is 1. The number of amides is 1. The Morgan fingerprint density at radius 1 is 1.37 bits per heavy atom. The first-order valence-electron chi connectivity index (χ1n) is 8.50. The fourth-order valence-corrected chi connectivity index (χ4v) is 2.83. The largest absolute Gasteiger partial charge is 0.459 e. The standard InChI is InChI=1S/C19H23F3N2O3/c1-5-8-23-14-9-12-6-7-13(19(20,21)22)10-15(12)24(17(14)26)11-16(25)27-18(2,3)4/h5-7,10,14,23H,1,8-9,11H2,2-4H3/t14-/m0/s1. The smallest absolute Gasteiger partial charge is 0.416 e. The van der Waals surface area contributed by atoms with E-state index in [4.69, 9.17) is 4.74 Å². The Bertz CT molecular complexity index is 739. The lowest BCUT2D eigenvalue weighted by atomic mass is 9.95. The van der Waals surface area contributed by atoms with Crippen molar-refractivity contribution < 1.29 is 27.5 Å². The van der Waals surface area contributed by atoms with Crippen LogP contribution in [-0.2, 0) is 26.9 Å². The average molecular weight is 384 g/mol. The molecule has 0 unspecified atom stereocenters. The van der Waals surface area contributed by atoms with E-state index in [0.29, 0.717) is 12.1 Å². The predicted molar refractivity (Wildman–Crippen MR) is 95.3 cm³/mol. The number of carbonyl (C=O) groups excluding carboxylic acids is 2. The van der Waals surface area contributed by atoms with E-state index in [1.54, 1.807) is 26.8 Å². The van der Waals surface area contributed by atoms with Crippen molar-refractivity contribution in [3.63, 3.8) is 0 Å². The molecular weight excluding hydrogens is 361 g/mol. The Balaban J connectivity index is 2.39. The highest BCUT2D eigenvalue weighted by atomic mass is 19.4. The number of anilines is 1. The van der Waals surface area contributed by atoms with Crippen LogP contribution in [0.4, 0.5) is 18.9 Å². The number of rotatable bonds is 5. The quantitative estimate of drug-likeness (QED) is 0.626. The summed E-state index contributed by atoms with van der Waals surface area (Å²) < 4.78 is 44.5. The average Bonchev–Trinajstić information content (AvgIpc) is 2.53. The summed E-state index contributed by atoms with van der Waals surface area (Å²) in [6.45, 7) is 8.49. The van der Waals surface area contributed by atoms with Crippen LogP contribution >= 0.6 is 0 Å². The highest BCUT2D eigenvalue weighted by molar-refractivity contribution is 6.03. The van der Waals surface area contributed by atoms with Gasteiger partial charge in [-0.15, -0.1) is 6.58 Å². The molecule has 1 atom stereocenters. The number of nitrogens with one attached hydrogen (secondary N) is 1. The van der Waals surface area contributed by atoms with Crippen molar-refractivity contribution in [3.8, 4) is 0 Å². The first-order valence-corrected chi connectivity index (χ1v) is 8.50. The van der Waals surface area contributed by atoms with Gasteiger partial charge in [0, 0.05) is 12.2 Å². The number of carbonyl (C=O) groups is 2. The molecule has 1 aromatic rings. The van der Waals surface area contributed by atoms with Gasteiger partial charge in [0.1, 0.15) is 12.1 Å². The summed E-state index contributed by atoms with van der Waals surface area (Å²) in [6.07, 6.45) is -2.74. The van der Waals surface area contributed by atoms with E-state index in [1.807, 2.05) is 0 Å². The summed E-state index contributed by atoms with van der Waals surface area (Å²) in [5.41, 5.74) is -1.02. The van der Waals surface area contributed by atoms with E-state index in [1.165, 1.54) is 6.07 Å². The van der Waals surface area contributed by atoms with Crippen LogP contribution in [0.25, 0.3) is 0 Å². The zero-order valence-electron chi connectivity index (χ0n) is 15.5. The number of hydrogen-bond acceptors (Lipinski definition) is 4. The molecule has 0 aliphatic carbocycles. The van der Waals surface area contributed by atoms with E-state index in [2.05, 4.69) is 11.9 Å². The Kier molecular flexibility index (Phi) is 5.99. The van der Waals surface area contributed by atoms with Crippen molar-refractivity contribution >= 4 is 17.6 Å². The molecular formula is C19H23F3N2O3. The van der Waals surface area contributed by atoms with E-state index in [-0.39, 0.29) is 12.1 Å². The molecule has 0 saturated heterocycles.